The van der Waals surface area contributed by atoms with E-state index in [1.165, 1.54) is 24.5 Å². The van der Waals surface area contributed by atoms with Gasteiger partial charge in [0.1, 0.15) is 5.52 Å². The van der Waals surface area contributed by atoms with Gasteiger partial charge in [0.2, 0.25) is 0 Å². The molecule has 0 atom stereocenters. The molecule has 3 rings (SSSR count). The lowest BCUT2D eigenvalue weighted by molar-refractivity contribution is 0.589. The van der Waals surface area contributed by atoms with Gasteiger partial charge in [0.25, 0.3) is 15.6 Å². The normalized spacial score (nSPS) is 12.5. The molecule has 2 aromatic heterocycles. The molecule has 7 heteroatoms. The van der Waals surface area contributed by atoms with Crippen LogP contribution in [0.15, 0.2) is 56.9 Å². The molecule has 22 heavy (non-hydrogen) atoms. The van der Waals surface area contributed by atoms with Crippen LogP contribution in [0, 0.1) is 6.92 Å². The standard InChI is InChI=1S/C15H13BrN2O3S/c1-10-3-5-11(6-4-10)22(20,21)18-8-7-12-13(16)9-17(2)15(19)14(12)18/h3-9H,1-2H3/i2D. The number of hydrogen-bond donors (Lipinski definition) is 0. The molecule has 5 nitrogen and oxygen atoms in total. The van der Waals surface area contributed by atoms with Crippen molar-refractivity contribution in [3.63, 3.8) is 0 Å². The quantitative estimate of drug-likeness (QED) is 0.685. The first-order valence-corrected chi connectivity index (χ1v) is 8.61. The minimum absolute atomic E-state index is 0.0344. The Morgan fingerprint density at radius 1 is 1.18 bits per heavy atom. The first-order valence-electron chi connectivity index (χ1n) is 7.08. The van der Waals surface area contributed by atoms with Gasteiger partial charge in [-0.25, -0.2) is 12.4 Å². The summed E-state index contributed by atoms with van der Waals surface area (Å²) in [4.78, 5) is 12.6. The number of hydrogen-bond acceptors (Lipinski definition) is 3. The smallest absolute Gasteiger partial charge is 0.275 e. The number of halogens is 1. The van der Waals surface area contributed by atoms with Gasteiger partial charge in [-0.2, -0.15) is 0 Å². The van der Waals surface area contributed by atoms with E-state index in [1.807, 2.05) is 6.92 Å². The van der Waals surface area contributed by atoms with Crippen molar-refractivity contribution in [2.45, 2.75) is 11.8 Å². The molecule has 0 aliphatic heterocycles. The predicted molar refractivity (Wildman–Crippen MR) is 88.6 cm³/mol. The summed E-state index contributed by atoms with van der Waals surface area (Å²) in [6, 6.07) is 8.00. The monoisotopic (exact) mass is 381 g/mol. The van der Waals surface area contributed by atoms with Crippen molar-refractivity contribution >= 4 is 36.9 Å². The zero-order valence-electron chi connectivity index (χ0n) is 12.7. The summed E-state index contributed by atoms with van der Waals surface area (Å²) in [5.41, 5.74) is 0.465. The molecule has 0 saturated heterocycles. The molecule has 0 saturated carbocycles. The Kier molecular flexibility index (Phi) is 3.19. The van der Waals surface area contributed by atoms with Gasteiger partial charge in [0, 0.05) is 30.6 Å². The Hall–Kier alpha value is -1.86. The molecule has 0 aliphatic carbocycles. The van der Waals surface area contributed by atoms with Gasteiger partial charge in [-0.3, -0.25) is 4.79 Å². The lowest BCUT2D eigenvalue weighted by atomic mass is 10.2. The first-order chi connectivity index (χ1) is 10.9. The second kappa shape index (κ2) is 5.10. The van der Waals surface area contributed by atoms with Crippen LogP contribution in [-0.4, -0.2) is 17.0 Å². The van der Waals surface area contributed by atoms with E-state index < -0.39 is 15.6 Å². The lowest BCUT2D eigenvalue weighted by Gasteiger charge is -2.09. The number of aromatic nitrogens is 2. The average molecular weight is 382 g/mol. The van der Waals surface area contributed by atoms with Gasteiger partial charge in [-0.05, 0) is 41.1 Å². The van der Waals surface area contributed by atoms with Crippen molar-refractivity contribution in [2.75, 3.05) is 0 Å². The SMILES string of the molecule is [2H]Cn1cc(Br)c2ccn(S(=O)(=O)c3ccc(C)cc3)c2c1=O. The van der Waals surface area contributed by atoms with Gasteiger partial charge in [0.05, 0.1) is 4.90 Å². The van der Waals surface area contributed by atoms with Crippen LogP contribution in [0.5, 0.6) is 0 Å². The van der Waals surface area contributed by atoms with Crippen molar-refractivity contribution < 1.29 is 9.79 Å². The molecule has 114 valence electrons. The van der Waals surface area contributed by atoms with Crippen LogP contribution < -0.4 is 5.56 Å². The zero-order chi connectivity index (χ0) is 16.8. The van der Waals surface area contributed by atoms with Crippen LogP contribution in [0.4, 0.5) is 0 Å². The van der Waals surface area contributed by atoms with E-state index >= 15 is 0 Å². The summed E-state index contributed by atoms with van der Waals surface area (Å²) in [6.45, 7) is 1.87. The topological polar surface area (TPSA) is 61.1 Å². The summed E-state index contributed by atoms with van der Waals surface area (Å²) < 4.78 is 35.8. The van der Waals surface area contributed by atoms with Gasteiger partial charge < -0.3 is 4.57 Å². The van der Waals surface area contributed by atoms with E-state index in [-0.39, 0.29) is 17.4 Å². The Morgan fingerprint density at radius 3 is 2.50 bits per heavy atom. The molecule has 0 amide bonds. The Morgan fingerprint density at radius 2 is 1.86 bits per heavy atom. The van der Waals surface area contributed by atoms with E-state index in [9.17, 15) is 13.2 Å². The molecule has 2 heterocycles. The third-order valence-electron chi connectivity index (χ3n) is 3.42. The van der Waals surface area contributed by atoms with Crippen LogP contribution in [-0.2, 0) is 17.0 Å². The van der Waals surface area contributed by atoms with Crippen LogP contribution >= 0.6 is 15.9 Å². The second-order valence-corrected chi connectivity index (χ2v) is 7.61. The second-order valence-electron chi connectivity index (χ2n) is 4.94. The molecule has 0 radical (unpaired) electrons. The third kappa shape index (κ3) is 2.21. The van der Waals surface area contributed by atoms with Crippen molar-refractivity contribution in [1.29, 1.82) is 0 Å². The minimum Gasteiger partial charge on any atom is -0.316 e. The van der Waals surface area contributed by atoms with Crippen molar-refractivity contribution in [3.05, 3.63) is 63.1 Å². The van der Waals surface area contributed by atoms with Gasteiger partial charge in [0.15, 0.2) is 0 Å². The van der Waals surface area contributed by atoms with E-state index in [2.05, 4.69) is 15.9 Å². The summed E-state index contributed by atoms with van der Waals surface area (Å²) >= 11 is 3.32. The van der Waals surface area contributed by atoms with E-state index in [4.69, 9.17) is 1.37 Å². The number of pyridine rings is 1. The maximum atomic E-state index is 12.8. The Balaban J connectivity index is 2.34. The van der Waals surface area contributed by atoms with E-state index in [1.54, 1.807) is 18.2 Å². The maximum absolute atomic E-state index is 12.8. The fraction of sp³-hybridized carbons (Fsp3) is 0.133. The van der Waals surface area contributed by atoms with Crippen LogP contribution in [0.2, 0.25) is 0 Å². The van der Waals surface area contributed by atoms with E-state index in [0.717, 1.165) is 14.1 Å². The molecule has 3 aromatic rings. The fourth-order valence-corrected chi connectivity index (χ4v) is 4.15. The average Bonchev–Trinajstić information content (AvgIpc) is 2.98. The highest BCUT2D eigenvalue weighted by molar-refractivity contribution is 9.10. The highest BCUT2D eigenvalue weighted by Crippen LogP contribution is 2.25. The highest BCUT2D eigenvalue weighted by Gasteiger charge is 2.21. The van der Waals surface area contributed by atoms with Crippen LogP contribution in [0.1, 0.15) is 6.93 Å². The van der Waals surface area contributed by atoms with Crippen LogP contribution in [0.3, 0.4) is 0 Å². The van der Waals surface area contributed by atoms with Crippen molar-refractivity contribution in [2.24, 2.45) is 7.02 Å². The fourth-order valence-electron chi connectivity index (χ4n) is 2.24. The lowest BCUT2D eigenvalue weighted by Crippen LogP contribution is -2.22. The summed E-state index contributed by atoms with van der Waals surface area (Å²) in [5, 5.41) is 0.496. The maximum Gasteiger partial charge on any atom is 0.275 e. The number of nitrogens with zero attached hydrogens (tertiary/aromatic N) is 2. The third-order valence-corrected chi connectivity index (χ3v) is 5.74. The highest BCUT2D eigenvalue weighted by atomic mass is 79.9. The molecule has 0 spiro atoms. The predicted octanol–water partition coefficient (Wildman–Crippen LogP) is 2.65. The molecule has 0 aliphatic rings. The van der Waals surface area contributed by atoms with Crippen molar-refractivity contribution in [3.8, 4) is 0 Å². The molecular formula is C15H13BrN2O3S. The molecule has 0 N–H and O–H groups in total. The van der Waals surface area contributed by atoms with Gasteiger partial charge in [-0.1, -0.05) is 17.7 Å². The summed E-state index contributed by atoms with van der Waals surface area (Å²) in [5.74, 6) is 0. The Bertz CT molecular complexity index is 1050. The first kappa shape index (κ1) is 13.8. The Labute approximate surface area is 137 Å². The number of benzene rings is 1. The zero-order valence-corrected chi connectivity index (χ0v) is 14.1. The number of fused-ring (bicyclic) bond motifs is 1. The van der Waals surface area contributed by atoms with Crippen molar-refractivity contribution in [1.82, 2.24) is 8.54 Å². The van der Waals surface area contributed by atoms with Crippen LogP contribution in [0.25, 0.3) is 10.9 Å². The molecule has 0 fully saturated rings. The molecule has 0 bridgehead atoms. The summed E-state index contributed by atoms with van der Waals surface area (Å²) in [7, 11) is -4.17. The van der Waals surface area contributed by atoms with E-state index in [0.29, 0.717) is 9.86 Å². The molecule has 0 unspecified atom stereocenters. The minimum atomic E-state index is -3.88. The number of aryl methyl sites for hydroxylation is 2. The molecular weight excluding hydrogens is 368 g/mol. The van der Waals surface area contributed by atoms with Gasteiger partial charge >= 0.3 is 0 Å². The summed E-state index contributed by atoms with van der Waals surface area (Å²) in [6.07, 6.45) is 2.85. The largest absolute Gasteiger partial charge is 0.316 e. The number of rotatable bonds is 2. The molecule has 1 aromatic carbocycles. The van der Waals surface area contributed by atoms with Gasteiger partial charge in [-0.15, -0.1) is 0 Å².